The number of rotatable bonds is 7. The van der Waals surface area contributed by atoms with Crippen LogP contribution in [0.4, 0.5) is 17.3 Å². The van der Waals surface area contributed by atoms with Crippen molar-refractivity contribution >= 4 is 28.4 Å². The summed E-state index contributed by atoms with van der Waals surface area (Å²) in [5.41, 5.74) is 5.64. The third kappa shape index (κ3) is 4.49. The van der Waals surface area contributed by atoms with Gasteiger partial charge in [-0.05, 0) is 80.3 Å². The number of anilines is 3. The number of piperazine rings is 1. The molecule has 9 nitrogen and oxygen atoms in total. The maximum atomic E-state index is 13.4. The predicted molar refractivity (Wildman–Crippen MR) is 160 cm³/mol. The maximum Gasteiger partial charge on any atom is 0.278 e. The number of fused-ring (bicyclic) bond motifs is 2. The Labute approximate surface area is 234 Å². The highest BCUT2D eigenvalue weighted by molar-refractivity contribution is 5.77. The molecule has 2 aromatic carbocycles. The number of benzene rings is 2. The molecule has 2 aromatic heterocycles. The van der Waals surface area contributed by atoms with Crippen molar-refractivity contribution in [2.75, 3.05) is 43.4 Å². The lowest BCUT2D eigenvalue weighted by Gasteiger charge is -2.35. The number of likely N-dealkylation sites (N-methyl/N-ethyl adjacent to an activating group) is 1. The average Bonchev–Trinajstić information content (AvgIpc) is 3.43. The van der Waals surface area contributed by atoms with Crippen LogP contribution in [0, 0.1) is 6.92 Å². The molecule has 9 heteroatoms. The Balaban J connectivity index is 1.38. The lowest BCUT2D eigenvalue weighted by molar-refractivity contribution is 0.0345. The maximum absolute atomic E-state index is 13.4. The first-order valence-corrected chi connectivity index (χ1v) is 14.1. The minimum Gasteiger partial charge on any atom is -0.385 e. The molecule has 6 rings (SSSR count). The molecule has 1 fully saturated rings. The minimum absolute atomic E-state index is 0.180. The van der Waals surface area contributed by atoms with Crippen molar-refractivity contribution in [1.29, 1.82) is 0 Å². The molecule has 2 aliphatic rings. The Bertz CT molecular complexity index is 1650. The monoisotopic (exact) mass is 539 g/mol. The van der Waals surface area contributed by atoms with E-state index in [1.807, 2.05) is 23.7 Å². The van der Waals surface area contributed by atoms with Crippen molar-refractivity contribution in [3.8, 4) is 5.69 Å². The minimum atomic E-state index is -0.853. The second-order valence-electron chi connectivity index (χ2n) is 11.1. The SMILES string of the molecule is C=CCn1c(=O)c2cnc(Nc3ccc(N4CCN(C)CC4)c(C)c3)nc2n1-c1ccc2c(c1)[C@](O)(CC)CC2. The molecule has 0 unspecified atom stereocenters. The van der Waals surface area contributed by atoms with Crippen LogP contribution in [0.2, 0.25) is 0 Å². The van der Waals surface area contributed by atoms with Crippen LogP contribution in [-0.2, 0) is 18.6 Å². The summed E-state index contributed by atoms with van der Waals surface area (Å²) < 4.78 is 3.44. The van der Waals surface area contributed by atoms with E-state index in [0.29, 0.717) is 36.4 Å². The lowest BCUT2D eigenvalue weighted by Crippen LogP contribution is -2.44. The standard InChI is InChI=1S/C31H37N7O2/c1-5-13-37-29(39)25-20-32-30(33-23-8-10-27(21(3)18-23)36-16-14-35(4)15-17-36)34-28(25)38(37)24-9-7-22-11-12-31(40,6-2)26(22)19-24/h5,7-10,18-20,40H,1,6,11-17H2,2-4H3,(H,32,33,34)/t31-/m0/s1. The summed E-state index contributed by atoms with van der Waals surface area (Å²) in [4.78, 5) is 27.5. The number of nitrogens with zero attached hydrogens (tertiary/aromatic N) is 6. The van der Waals surface area contributed by atoms with Crippen molar-refractivity contribution in [3.63, 3.8) is 0 Å². The van der Waals surface area contributed by atoms with Crippen LogP contribution in [0.15, 0.2) is 60.0 Å². The number of aryl methyl sites for hydroxylation is 2. The van der Waals surface area contributed by atoms with E-state index in [2.05, 4.69) is 64.9 Å². The van der Waals surface area contributed by atoms with E-state index in [0.717, 1.165) is 55.1 Å². The molecule has 40 heavy (non-hydrogen) atoms. The molecule has 1 atom stereocenters. The third-order valence-corrected chi connectivity index (χ3v) is 8.51. The van der Waals surface area contributed by atoms with Gasteiger partial charge in [-0.25, -0.2) is 14.3 Å². The zero-order chi connectivity index (χ0) is 28.0. The van der Waals surface area contributed by atoms with E-state index in [1.54, 1.807) is 17.0 Å². The van der Waals surface area contributed by atoms with Crippen LogP contribution >= 0.6 is 0 Å². The summed E-state index contributed by atoms with van der Waals surface area (Å²) in [5.74, 6) is 0.412. The van der Waals surface area contributed by atoms with E-state index >= 15 is 0 Å². The average molecular weight is 540 g/mol. The van der Waals surface area contributed by atoms with E-state index in [9.17, 15) is 9.90 Å². The predicted octanol–water partition coefficient (Wildman–Crippen LogP) is 4.12. The number of nitrogens with one attached hydrogen (secondary N) is 1. The van der Waals surface area contributed by atoms with Crippen LogP contribution in [0.25, 0.3) is 16.7 Å². The number of hydrogen-bond acceptors (Lipinski definition) is 7. The summed E-state index contributed by atoms with van der Waals surface area (Å²) in [6, 6.07) is 12.4. The Kier molecular flexibility index (Phi) is 6.72. The first-order valence-electron chi connectivity index (χ1n) is 14.1. The van der Waals surface area contributed by atoms with E-state index < -0.39 is 5.60 Å². The van der Waals surface area contributed by atoms with Crippen molar-refractivity contribution in [1.82, 2.24) is 24.2 Å². The number of hydrogen-bond donors (Lipinski definition) is 2. The summed E-state index contributed by atoms with van der Waals surface area (Å²) >= 11 is 0. The largest absolute Gasteiger partial charge is 0.385 e. The number of aliphatic hydroxyl groups is 1. The van der Waals surface area contributed by atoms with Crippen molar-refractivity contribution < 1.29 is 5.11 Å². The molecule has 1 aliphatic heterocycles. The van der Waals surface area contributed by atoms with Gasteiger partial charge in [-0.2, -0.15) is 4.98 Å². The highest BCUT2D eigenvalue weighted by Gasteiger charge is 2.35. The smallest absolute Gasteiger partial charge is 0.278 e. The quantitative estimate of drug-likeness (QED) is 0.342. The Morgan fingerprint density at radius 2 is 1.95 bits per heavy atom. The molecule has 1 saturated heterocycles. The van der Waals surface area contributed by atoms with Gasteiger partial charge >= 0.3 is 0 Å². The van der Waals surface area contributed by atoms with E-state index in [-0.39, 0.29) is 5.56 Å². The van der Waals surface area contributed by atoms with Gasteiger partial charge in [0.25, 0.3) is 5.56 Å². The second kappa shape index (κ2) is 10.2. The summed E-state index contributed by atoms with van der Waals surface area (Å²) in [7, 11) is 2.16. The van der Waals surface area contributed by atoms with Gasteiger partial charge in [0.1, 0.15) is 5.39 Å². The molecule has 2 N–H and O–H groups in total. The van der Waals surface area contributed by atoms with Gasteiger partial charge in [0.15, 0.2) is 5.65 Å². The van der Waals surface area contributed by atoms with Gasteiger partial charge in [0.2, 0.25) is 5.95 Å². The molecule has 0 amide bonds. The van der Waals surface area contributed by atoms with E-state index in [4.69, 9.17) is 4.98 Å². The molecule has 4 aromatic rings. The van der Waals surface area contributed by atoms with Crippen LogP contribution in [-0.4, -0.2) is 62.6 Å². The fraction of sp³-hybridized carbons (Fsp3) is 0.387. The van der Waals surface area contributed by atoms with Crippen molar-refractivity contribution in [3.05, 3.63) is 82.3 Å². The van der Waals surface area contributed by atoms with Gasteiger partial charge in [-0.3, -0.25) is 4.79 Å². The molecule has 0 bridgehead atoms. The fourth-order valence-electron chi connectivity index (χ4n) is 6.09. The van der Waals surface area contributed by atoms with Gasteiger partial charge in [0, 0.05) is 43.8 Å². The molecule has 0 spiro atoms. The third-order valence-electron chi connectivity index (χ3n) is 8.51. The van der Waals surface area contributed by atoms with Crippen molar-refractivity contribution in [2.45, 2.75) is 45.3 Å². The first-order chi connectivity index (χ1) is 19.3. The highest BCUT2D eigenvalue weighted by Crippen LogP contribution is 2.40. The second-order valence-corrected chi connectivity index (χ2v) is 11.1. The van der Waals surface area contributed by atoms with Crippen LogP contribution in [0.1, 0.15) is 36.5 Å². The van der Waals surface area contributed by atoms with Crippen LogP contribution in [0.3, 0.4) is 0 Å². The van der Waals surface area contributed by atoms with Gasteiger partial charge < -0.3 is 20.2 Å². The summed E-state index contributed by atoms with van der Waals surface area (Å²) in [6.45, 7) is 12.5. The van der Waals surface area contributed by atoms with Crippen LogP contribution < -0.4 is 15.8 Å². The van der Waals surface area contributed by atoms with Gasteiger partial charge in [-0.1, -0.05) is 19.1 Å². The summed E-state index contributed by atoms with van der Waals surface area (Å²) in [5, 5.41) is 15.0. The van der Waals surface area contributed by atoms with Gasteiger partial charge in [-0.15, -0.1) is 6.58 Å². The highest BCUT2D eigenvalue weighted by atomic mass is 16.3. The molecular formula is C31H37N7O2. The molecule has 3 heterocycles. The Morgan fingerprint density at radius 1 is 1.15 bits per heavy atom. The molecule has 0 saturated carbocycles. The lowest BCUT2D eigenvalue weighted by atomic mass is 9.93. The first kappa shape index (κ1) is 26.3. The molecule has 208 valence electrons. The fourth-order valence-corrected chi connectivity index (χ4v) is 6.09. The molecule has 0 radical (unpaired) electrons. The normalized spacial score (nSPS) is 19.2. The van der Waals surface area contributed by atoms with Crippen LogP contribution in [0.5, 0.6) is 0 Å². The molecule has 1 aliphatic carbocycles. The Hall–Kier alpha value is -3.95. The topological polar surface area (TPSA) is 91.5 Å². The zero-order valence-corrected chi connectivity index (χ0v) is 23.5. The Morgan fingerprint density at radius 3 is 2.67 bits per heavy atom. The van der Waals surface area contributed by atoms with Gasteiger partial charge in [0.05, 0.1) is 17.8 Å². The number of allylic oxidation sites excluding steroid dienone is 1. The molecular weight excluding hydrogens is 502 g/mol. The summed E-state index contributed by atoms with van der Waals surface area (Å²) in [6.07, 6.45) is 5.47. The van der Waals surface area contributed by atoms with E-state index in [1.165, 1.54) is 11.3 Å². The zero-order valence-electron chi connectivity index (χ0n) is 23.5. The van der Waals surface area contributed by atoms with Crippen molar-refractivity contribution in [2.24, 2.45) is 0 Å². The number of aromatic nitrogens is 4.